The molecule has 0 aromatic carbocycles. The van der Waals surface area contributed by atoms with Crippen molar-refractivity contribution in [1.29, 1.82) is 0 Å². The molecule has 0 saturated heterocycles. The standard InChI is InChI=1S/C13H31N3O/c1-5-15(6-2)9-8-10-16(7-3)11-13(12-17)14-4/h13-14,17H,5-12H2,1-4H3. The number of nitrogens with zero attached hydrogens (tertiary/aromatic N) is 2. The molecule has 0 aliphatic rings. The molecule has 0 aliphatic heterocycles. The van der Waals surface area contributed by atoms with Crippen molar-refractivity contribution in [3.8, 4) is 0 Å². The molecule has 0 heterocycles. The second-order valence-corrected chi connectivity index (χ2v) is 4.44. The van der Waals surface area contributed by atoms with Crippen LogP contribution in [0.2, 0.25) is 0 Å². The van der Waals surface area contributed by atoms with Crippen LogP contribution in [0.5, 0.6) is 0 Å². The molecule has 0 radical (unpaired) electrons. The molecule has 4 nitrogen and oxygen atoms in total. The molecule has 0 aromatic heterocycles. The van der Waals surface area contributed by atoms with Gasteiger partial charge < -0.3 is 20.2 Å². The maximum atomic E-state index is 9.16. The van der Waals surface area contributed by atoms with Crippen LogP contribution in [-0.2, 0) is 0 Å². The van der Waals surface area contributed by atoms with E-state index in [4.69, 9.17) is 5.11 Å². The minimum absolute atomic E-state index is 0.198. The lowest BCUT2D eigenvalue weighted by Crippen LogP contribution is -2.42. The van der Waals surface area contributed by atoms with Crippen LogP contribution in [0, 0.1) is 0 Å². The molecule has 0 saturated carbocycles. The Kier molecular flexibility index (Phi) is 10.9. The Morgan fingerprint density at radius 2 is 1.53 bits per heavy atom. The summed E-state index contributed by atoms with van der Waals surface area (Å²) >= 11 is 0. The molecule has 0 spiro atoms. The molecular weight excluding hydrogens is 214 g/mol. The van der Waals surface area contributed by atoms with Crippen LogP contribution >= 0.6 is 0 Å². The normalized spacial score (nSPS) is 13.6. The molecule has 0 bridgehead atoms. The van der Waals surface area contributed by atoms with Gasteiger partial charge in [0.15, 0.2) is 0 Å². The van der Waals surface area contributed by atoms with Gasteiger partial charge in [-0.2, -0.15) is 0 Å². The number of aliphatic hydroxyl groups is 1. The van der Waals surface area contributed by atoms with E-state index < -0.39 is 0 Å². The summed E-state index contributed by atoms with van der Waals surface area (Å²) in [6, 6.07) is 0.198. The van der Waals surface area contributed by atoms with Gasteiger partial charge in [0.2, 0.25) is 0 Å². The van der Waals surface area contributed by atoms with Crippen molar-refractivity contribution in [2.45, 2.75) is 33.2 Å². The zero-order chi connectivity index (χ0) is 13.1. The third kappa shape index (κ3) is 7.71. The Labute approximate surface area is 107 Å². The van der Waals surface area contributed by atoms with E-state index in [0.29, 0.717) is 0 Å². The summed E-state index contributed by atoms with van der Waals surface area (Å²) in [5.41, 5.74) is 0. The number of hydrogen-bond acceptors (Lipinski definition) is 4. The molecule has 1 unspecified atom stereocenters. The zero-order valence-corrected chi connectivity index (χ0v) is 12.1. The first-order valence-corrected chi connectivity index (χ1v) is 6.94. The Morgan fingerprint density at radius 3 is 1.94 bits per heavy atom. The van der Waals surface area contributed by atoms with Crippen LogP contribution in [0.4, 0.5) is 0 Å². The maximum absolute atomic E-state index is 9.16. The van der Waals surface area contributed by atoms with Crippen LogP contribution in [0.15, 0.2) is 0 Å². The lowest BCUT2D eigenvalue weighted by molar-refractivity contribution is 0.182. The van der Waals surface area contributed by atoms with Crippen molar-refractivity contribution in [2.24, 2.45) is 0 Å². The SMILES string of the molecule is CCN(CC)CCCN(CC)CC(CO)NC. The first-order valence-electron chi connectivity index (χ1n) is 6.94. The summed E-state index contributed by atoms with van der Waals surface area (Å²) in [4.78, 5) is 4.86. The van der Waals surface area contributed by atoms with Gasteiger partial charge >= 0.3 is 0 Å². The number of rotatable bonds is 11. The van der Waals surface area contributed by atoms with E-state index in [1.165, 1.54) is 13.0 Å². The number of hydrogen-bond donors (Lipinski definition) is 2. The first kappa shape index (κ1) is 16.8. The minimum atomic E-state index is 0.198. The number of likely N-dealkylation sites (N-methyl/N-ethyl adjacent to an activating group) is 2. The lowest BCUT2D eigenvalue weighted by Gasteiger charge is -2.26. The van der Waals surface area contributed by atoms with Crippen molar-refractivity contribution in [3.63, 3.8) is 0 Å². The summed E-state index contributed by atoms with van der Waals surface area (Å²) in [5, 5.41) is 12.3. The van der Waals surface area contributed by atoms with Crippen molar-refractivity contribution >= 4 is 0 Å². The molecule has 0 aliphatic carbocycles. The van der Waals surface area contributed by atoms with Crippen LogP contribution < -0.4 is 5.32 Å². The second-order valence-electron chi connectivity index (χ2n) is 4.44. The van der Waals surface area contributed by atoms with E-state index in [-0.39, 0.29) is 12.6 Å². The highest BCUT2D eigenvalue weighted by molar-refractivity contribution is 4.69. The molecule has 1 atom stereocenters. The molecule has 0 rings (SSSR count). The fourth-order valence-corrected chi connectivity index (χ4v) is 1.99. The van der Waals surface area contributed by atoms with Gasteiger partial charge in [-0.3, -0.25) is 0 Å². The van der Waals surface area contributed by atoms with Gasteiger partial charge in [0.1, 0.15) is 0 Å². The fourth-order valence-electron chi connectivity index (χ4n) is 1.99. The molecular formula is C13H31N3O. The van der Waals surface area contributed by atoms with Gasteiger partial charge in [0.25, 0.3) is 0 Å². The molecule has 0 aromatic rings. The summed E-state index contributed by atoms with van der Waals surface area (Å²) in [6.07, 6.45) is 1.21. The van der Waals surface area contributed by atoms with Crippen LogP contribution in [0.1, 0.15) is 27.2 Å². The molecule has 4 heteroatoms. The van der Waals surface area contributed by atoms with Crippen molar-refractivity contribution in [3.05, 3.63) is 0 Å². The number of aliphatic hydroxyl groups excluding tert-OH is 1. The summed E-state index contributed by atoms with van der Waals surface area (Å²) in [6.45, 7) is 13.4. The molecule has 104 valence electrons. The predicted molar refractivity (Wildman–Crippen MR) is 74.5 cm³/mol. The lowest BCUT2D eigenvalue weighted by atomic mass is 10.2. The van der Waals surface area contributed by atoms with Crippen molar-refractivity contribution in [2.75, 3.05) is 52.9 Å². The van der Waals surface area contributed by atoms with Crippen LogP contribution in [0.3, 0.4) is 0 Å². The third-order valence-corrected chi connectivity index (χ3v) is 3.40. The Balaban J connectivity index is 3.81. The van der Waals surface area contributed by atoms with Gasteiger partial charge in [-0.05, 0) is 46.2 Å². The van der Waals surface area contributed by atoms with Gasteiger partial charge in [0.05, 0.1) is 6.61 Å². The molecule has 2 N–H and O–H groups in total. The van der Waals surface area contributed by atoms with Crippen LogP contribution in [-0.4, -0.2) is 73.9 Å². The maximum Gasteiger partial charge on any atom is 0.0597 e. The van der Waals surface area contributed by atoms with Crippen molar-refractivity contribution < 1.29 is 5.11 Å². The highest BCUT2D eigenvalue weighted by atomic mass is 16.3. The van der Waals surface area contributed by atoms with Gasteiger partial charge in [0, 0.05) is 12.6 Å². The highest BCUT2D eigenvalue weighted by Gasteiger charge is 2.10. The smallest absolute Gasteiger partial charge is 0.0597 e. The highest BCUT2D eigenvalue weighted by Crippen LogP contribution is 1.97. The van der Waals surface area contributed by atoms with E-state index in [0.717, 1.165) is 32.7 Å². The third-order valence-electron chi connectivity index (χ3n) is 3.40. The second kappa shape index (κ2) is 11.0. The van der Waals surface area contributed by atoms with E-state index in [1.54, 1.807) is 0 Å². The summed E-state index contributed by atoms with van der Waals surface area (Å²) in [7, 11) is 1.91. The van der Waals surface area contributed by atoms with E-state index in [2.05, 4.69) is 35.9 Å². The zero-order valence-electron chi connectivity index (χ0n) is 12.1. The topological polar surface area (TPSA) is 38.7 Å². The monoisotopic (exact) mass is 245 g/mol. The fraction of sp³-hybridized carbons (Fsp3) is 1.00. The largest absolute Gasteiger partial charge is 0.395 e. The Bertz CT molecular complexity index is 159. The quantitative estimate of drug-likeness (QED) is 0.560. The van der Waals surface area contributed by atoms with Crippen molar-refractivity contribution in [1.82, 2.24) is 15.1 Å². The molecule has 0 amide bonds. The van der Waals surface area contributed by atoms with Gasteiger partial charge in [-0.1, -0.05) is 20.8 Å². The first-order chi connectivity index (χ1) is 8.21. The van der Waals surface area contributed by atoms with E-state index >= 15 is 0 Å². The molecule has 17 heavy (non-hydrogen) atoms. The summed E-state index contributed by atoms with van der Waals surface area (Å²) in [5.74, 6) is 0. The minimum Gasteiger partial charge on any atom is -0.395 e. The van der Waals surface area contributed by atoms with E-state index in [1.807, 2.05) is 7.05 Å². The number of nitrogens with one attached hydrogen (secondary N) is 1. The van der Waals surface area contributed by atoms with Gasteiger partial charge in [-0.25, -0.2) is 0 Å². The predicted octanol–water partition coefficient (Wildman–Crippen LogP) is 0.621. The van der Waals surface area contributed by atoms with Gasteiger partial charge in [-0.15, -0.1) is 0 Å². The Hall–Kier alpha value is -0.160. The average molecular weight is 245 g/mol. The van der Waals surface area contributed by atoms with E-state index in [9.17, 15) is 0 Å². The average Bonchev–Trinajstić information content (AvgIpc) is 2.38. The summed E-state index contributed by atoms with van der Waals surface area (Å²) < 4.78 is 0. The molecule has 0 fully saturated rings. The van der Waals surface area contributed by atoms with Crippen LogP contribution in [0.25, 0.3) is 0 Å². The Morgan fingerprint density at radius 1 is 1.00 bits per heavy atom.